The Kier molecular flexibility index (Phi) is 5.26. The van der Waals surface area contributed by atoms with Gasteiger partial charge in [-0.05, 0) is 38.1 Å². The molecule has 1 rings (SSSR count). The van der Waals surface area contributed by atoms with Crippen molar-refractivity contribution in [2.75, 3.05) is 19.6 Å². The van der Waals surface area contributed by atoms with Gasteiger partial charge < -0.3 is 10.6 Å². The van der Waals surface area contributed by atoms with Crippen molar-refractivity contribution in [1.82, 2.24) is 4.90 Å². The Morgan fingerprint density at radius 2 is 2.12 bits per heavy atom. The van der Waals surface area contributed by atoms with Crippen LogP contribution in [0.25, 0.3) is 0 Å². The molecule has 2 N–H and O–H groups in total. The van der Waals surface area contributed by atoms with Crippen LogP contribution in [0, 0.1) is 17.8 Å². The highest BCUT2D eigenvalue weighted by molar-refractivity contribution is 5.79. The molecule has 0 aromatic rings. The van der Waals surface area contributed by atoms with Gasteiger partial charge in [0.05, 0.1) is 0 Å². The molecule has 3 nitrogen and oxygen atoms in total. The first-order valence-electron chi connectivity index (χ1n) is 6.59. The molecule has 0 aromatic carbocycles. The monoisotopic (exact) mass is 226 g/mol. The van der Waals surface area contributed by atoms with Crippen LogP contribution in [0.4, 0.5) is 0 Å². The summed E-state index contributed by atoms with van der Waals surface area (Å²) < 4.78 is 0. The van der Waals surface area contributed by atoms with Gasteiger partial charge in [-0.15, -0.1) is 0 Å². The summed E-state index contributed by atoms with van der Waals surface area (Å²) in [5, 5.41) is 0. The van der Waals surface area contributed by atoms with Gasteiger partial charge in [0.25, 0.3) is 0 Å². The zero-order valence-corrected chi connectivity index (χ0v) is 10.9. The number of hydrogen-bond acceptors (Lipinski definition) is 2. The van der Waals surface area contributed by atoms with E-state index in [4.69, 9.17) is 5.73 Å². The molecule has 0 saturated heterocycles. The first-order valence-corrected chi connectivity index (χ1v) is 6.59. The normalized spacial score (nSPS) is 25.1. The SMILES string of the molecule is CCN(CC(C)C)C(=O)[C@@H]1CCC[C@@H]1CN. The van der Waals surface area contributed by atoms with Gasteiger partial charge in [-0.3, -0.25) is 4.79 Å². The zero-order valence-electron chi connectivity index (χ0n) is 10.9. The fraction of sp³-hybridized carbons (Fsp3) is 0.923. The highest BCUT2D eigenvalue weighted by Gasteiger charge is 2.34. The summed E-state index contributed by atoms with van der Waals surface area (Å²) in [5.41, 5.74) is 5.73. The van der Waals surface area contributed by atoms with Crippen molar-refractivity contribution in [1.29, 1.82) is 0 Å². The number of carbonyl (C=O) groups excluding carboxylic acids is 1. The van der Waals surface area contributed by atoms with Gasteiger partial charge in [0.15, 0.2) is 0 Å². The summed E-state index contributed by atoms with van der Waals surface area (Å²) in [6.45, 7) is 8.74. The maximum Gasteiger partial charge on any atom is 0.226 e. The molecular formula is C13H26N2O. The van der Waals surface area contributed by atoms with Gasteiger partial charge in [-0.1, -0.05) is 20.3 Å². The number of nitrogens with zero attached hydrogens (tertiary/aromatic N) is 1. The van der Waals surface area contributed by atoms with Crippen LogP contribution in [0.5, 0.6) is 0 Å². The summed E-state index contributed by atoms with van der Waals surface area (Å²) in [4.78, 5) is 14.4. The standard InChI is InChI=1S/C13H26N2O/c1-4-15(9-10(2)3)13(16)12-7-5-6-11(12)8-14/h10-12H,4-9,14H2,1-3H3/t11-,12-/m1/s1. The van der Waals surface area contributed by atoms with Crippen molar-refractivity contribution < 1.29 is 4.79 Å². The van der Waals surface area contributed by atoms with Crippen LogP contribution >= 0.6 is 0 Å². The molecule has 0 radical (unpaired) electrons. The lowest BCUT2D eigenvalue weighted by atomic mass is 9.94. The third-order valence-corrected chi connectivity index (χ3v) is 3.56. The van der Waals surface area contributed by atoms with Crippen molar-refractivity contribution in [3.05, 3.63) is 0 Å². The smallest absolute Gasteiger partial charge is 0.226 e. The van der Waals surface area contributed by atoms with Gasteiger partial charge in [0.1, 0.15) is 0 Å². The highest BCUT2D eigenvalue weighted by atomic mass is 16.2. The molecule has 16 heavy (non-hydrogen) atoms. The second kappa shape index (κ2) is 6.24. The Balaban J connectivity index is 2.59. The van der Waals surface area contributed by atoms with Crippen molar-refractivity contribution in [3.8, 4) is 0 Å². The number of carbonyl (C=O) groups is 1. The number of hydrogen-bond donors (Lipinski definition) is 1. The molecule has 3 heteroatoms. The predicted octanol–water partition coefficient (Wildman–Crippen LogP) is 1.87. The number of amides is 1. The fourth-order valence-electron chi connectivity index (χ4n) is 2.69. The lowest BCUT2D eigenvalue weighted by Gasteiger charge is -2.28. The Morgan fingerprint density at radius 1 is 1.44 bits per heavy atom. The maximum absolute atomic E-state index is 12.4. The van der Waals surface area contributed by atoms with E-state index in [-0.39, 0.29) is 5.92 Å². The molecule has 1 saturated carbocycles. The minimum Gasteiger partial charge on any atom is -0.342 e. The summed E-state index contributed by atoms with van der Waals surface area (Å²) >= 11 is 0. The van der Waals surface area contributed by atoms with E-state index >= 15 is 0 Å². The van der Waals surface area contributed by atoms with Gasteiger partial charge in [0, 0.05) is 19.0 Å². The average molecular weight is 226 g/mol. The van der Waals surface area contributed by atoms with E-state index in [1.165, 1.54) is 0 Å². The molecule has 94 valence electrons. The molecule has 0 aromatic heterocycles. The molecule has 0 heterocycles. The molecule has 0 unspecified atom stereocenters. The topological polar surface area (TPSA) is 46.3 Å². The minimum atomic E-state index is 0.198. The third-order valence-electron chi connectivity index (χ3n) is 3.56. The largest absolute Gasteiger partial charge is 0.342 e. The Labute approximate surface area is 99.4 Å². The first kappa shape index (κ1) is 13.5. The fourth-order valence-corrected chi connectivity index (χ4v) is 2.69. The molecule has 1 fully saturated rings. The quantitative estimate of drug-likeness (QED) is 0.778. The van der Waals surface area contributed by atoms with E-state index in [1.807, 2.05) is 4.90 Å². The van der Waals surface area contributed by atoms with Gasteiger partial charge in [0.2, 0.25) is 5.91 Å². The molecule has 1 aliphatic rings. The Hall–Kier alpha value is -0.570. The van der Waals surface area contributed by atoms with Gasteiger partial charge in [-0.2, -0.15) is 0 Å². The van der Waals surface area contributed by atoms with Gasteiger partial charge >= 0.3 is 0 Å². The van der Waals surface area contributed by atoms with E-state index in [0.29, 0.717) is 24.3 Å². The van der Waals surface area contributed by atoms with Crippen molar-refractivity contribution in [2.24, 2.45) is 23.5 Å². The average Bonchev–Trinajstić information content (AvgIpc) is 2.72. The van der Waals surface area contributed by atoms with E-state index in [9.17, 15) is 4.79 Å². The van der Waals surface area contributed by atoms with Gasteiger partial charge in [-0.25, -0.2) is 0 Å². The lowest BCUT2D eigenvalue weighted by molar-refractivity contribution is -0.136. The molecular weight excluding hydrogens is 200 g/mol. The van der Waals surface area contributed by atoms with E-state index < -0.39 is 0 Å². The van der Waals surface area contributed by atoms with Crippen molar-refractivity contribution >= 4 is 5.91 Å². The van der Waals surface area contributed by atoms with Crippen LogP contribution < -0.4 is 5.73 Å². The second-order valence-electron chi connectivity index (χ2n) is 5.30. The molecule has 1 aliphatic carbocycles. The molecule has 1 amide bonds. The lowest BCUT2D eigenvalue weighted by Crippen LogP contribution is -2.40. The minimum absolute atomic E-state index is 0.198. The van der Waals surface area contributed by atoms with E-state index in [1.54, 1.807) is 0 Å². The highest BCUT2D eigenvalue weighted by Crippen LogP contribution is 2.32. The van der Waals surface area contributed by atoms with Crippen LogP contribution in [-0.2, 0) is 4.79 Å². The molecule has 0 bridgehead atoms. The van der Waals surface area contributed by atoms with Crippen LogP contribution in [-0.4, -0.2) is 30.4 Å². The molecule has 0 spiro atoms. The Bertz CT molecular complexity index is 228. The summed E-state index contributed by atoms with van der Waals surface area (Å²) in [6.07, 6.45) is 3.33. The number of nitrogens with two attached hydrogens (primary N) is 1. The molecule has 0 aliphatic heterocycles. The van der Waals surface area contributed by atoms with Crippen LogP contribution in [0.1, 0.15) is 40.0 Å². The first-order chi connectivity index (χ1) is 7.60. The van der Waals surface area contributed by atoms with Crippen LogP contribution in [0.15, 0.2) is 0 Å². The van der Waals surface area contributed by atoms with E-state index in [0.717, 1.165) is 32.4 Å². The van der Waals surface area contributed by atoms with Crippen molar-refractivity contribution in [2.45, 2.75) is 40.0 Å². The zero-order chi connectivity index (χ0) is 12.1. The van der Waals surface area contributed by atoms with Crippen molar-refractivity contribution in [3.63, 3.8) is 0 Å². The van der Waals surface area contributed by atoms with E-state index in [2.05, 4.69) is 20.8 Å². The third kappa shape index (κ3) is 3.21. The summed E-state index contributed by atoms with van der Waals surface area (Å²) in [5.74, 6) is 1.50. The summed E-state index contributed by atoms with van der Waals surface area (Å²) in [7, 11) is 0. The maximum atomic E-state index is 12.4. The second-order valence-corrected chi connectivity index (χ2v) is 5.30. The van der Waals surface area contributed by atoms with Crippen LogP contribution in [0.2, 0.25) is 0 Å². The Morgan fingerprint density at radius 3 is 2.62 bits per heavy atom. The molecule has 2 atom stereocenters. The summed E-state index contributed by atoms with van der Waals surface area (Å²) in [6, 6.07) is 0. The number of rotatable bonds is 5. The van der Waals surface area contributed by atoms with Crippen LogP contribution in [0.3, 0.4) is 0 Å². The predicted molar refractivity (Wildman–Crippen MR) is 67.0 cm³/mol.